The zero-order valence-corrected chi connectivity index (χ0v) is 7.19. The lowest BCUT2D eigenvalue weighted by Crippen LogP contribution is -2.26. The number of ether oxygens (including phenoxy) is 1. The van der Waals surface area contributed by atoms with E-state index in [0.29, 0.717) is 6.42 Å². The standard InChI is InChI=1S/C8H15NO3/c1-3-8(11)12-5-7(10)4-6(2)9/h3,6-7,10H,1,4-5,9H2,2H3. The number of aliphatic hydroxyl groups excluding tert-OH is 1. The van der Waals surface area contributed by atoms with Crippen molar-refractivity contribution in [3.63, 3.8) is 0 Å². The molecule has 0 spiro atoms. The quantitative estimate of drug-likeness (QED) is 0.446. The molecule has 2 atom stereocenters. The molecule has 0 radical (unpaired) electrons. The third kappa shape index (κ3) is 5.88. The van der Waals surface area contributed by atoms with E-state index in [1.165, 1.54) is 0 Å². The van der Waals surface area contributed by atoms with Gasteiger partial charge in [0, 0.05) is 12.1 Å². The summed E-state index contributed by atoms with van der Waals surface area (Å²) in [5.41, 5.74) is 5.41. The zero-order chi connectivity index (χ0) is 9.56. The summed E-state index contributed by atoms with van der Waals surface area (Å²) in [6, 6.07) is -0.0950. The Morgan fingerprint density at radius 3 is 2.83 bits per heavy atom. The van der Waals surface area contributed by atoms with Crippen molar-refractivity contribution in [3.8, 4) is 0 Å². The second-order valence-corrected chi connectivity index (χ2v) is 2.70. The van der Waals surface area contributed by atoms with Crippen LogP contribution in [0.2, 0.25) is 0 Å². The molecule has 70 valence electrons. The second kappa shape index (κ2) is 5.74. The Balaban J connectivity index is 3.49. The van der Waals surface area contributed by atoms with Crippen LogP contribution in [0.3, 0.4) is 0 Å². The van der Waals surface area contributed by atoms with E-state index in [9.17, 15) is 9.90 Å². The first-order chi connectivity index (χ1) is 5.56. The fourth-order valence-corrected chi connectivity index (χ4v) is 0.734. The average Bonchev–Trinajstić information content (AvgIpc) is 1.99. The Labute approximate surface area is 72.0 Å². The Hall–Kier alpha value is -0.870. The normalized spacial score (nSPS) is 14.9. The van der Waals surface area contributed by atoms with Crippen molar-refractivity contribution in [2.75, 3.05) is 6.61 Å². The SMILES string of the molecule is C=CC(=O)OCC(O)CC(C)N. The van der Waals surface area contributed by atoms with Gasteiger partial charge in [-0.05, 0) is 13.3 Å². The molecule has 0 rings (SSSR count). The van der Waals surface area contributed by atoms with E-state index in [4.69, 9.17) is 5.73 Å². The van der Waals surface area contributed by atoms with E-state index >= 15 is 0 Å². The minimum absolute atomic E-state index is 0.0214. The van der Waals surface area contributed by atoms with Gasteiger partial charge in [0.1, 0.15) is 6.61 Å². The summed E-state index contributed by atoms with van der Waals surface area (Å²) in [4.78, 5) is 10.5. The minimum atomic E-state index is -0.686. The van der Waals surface area contributed by atoms with E-state index in [0.717, 1.165) is 6.08 Å². The van der Waals surface area contributed by atoms with Gasteiger partial charge < -0.3 is 15.6 Å². The molecule has 0 aliphatic carbocycles. The molecule has 0 bridgehead atoms. The average molecular weight is 173 g/mol. The summed E-state index contributed by atoms with van der Waals surface area (Å²) >= 11 is 0. The van der Waals surface area contributed by atoms with Crippen molar-refractivity contribution in [1.29, 1.82) is 0 Å². The van der Waals surface area contributed by atoms with Gasteiger partial charge in [-0.25, -0.2) is 4.79 Å². The van der Waals surface area contributed by atoms with Crippen LogP contribution in [0.5, 0.6) is 0 Å². The second-order valence-electron chi connectivity index (χ2n) is 2.70. The Morgan fingerprint density at radius 2 is 2.42 bits per heavy atom. The van der Waals surface area contributed by atoms with Crippen molar-refractivity contribution < 1.29 is 14.6 Å². The molecule has 0 aromatic heterocycles. The van der Waals surface area contributed by atoms with Crippen molar-refractivity contribution >= 4 is 5.97 Å². The third-order valence-electron chi connectivity index (χ3n) is 1.23. The maximum Gasteiger partial charge on any atom is 0.330 e. The molecule has 0 heterocycles. The molecule has 0 aromatic rings. The van der Waals surface area contributed by atoms with Gasteiger partial charge >= 0.3 is 5.97 Å². The number of carbonyl (C=O) groups is 1. The van der Waals surface area contributed by atoms with Gasteiger partial charge in [0.2, 0.25) is 0 Å². The van der Waals surface area contributed by atoms with Gasteiger partial charge in [-0.3, -0.25) is 0 Å². The highest BCUT2D eigenvalue weighted by atomic mass is 16.5. The van der Waals surface area contributed by atoms with Gasteiger partial charge in [-0.15, -0.1) is 0 Å². The lowest BCUT2D eigenvalue weighted by atomic mass is 10.2. The van der Waals surface area contributed by atoms with Gasteiger partial charge in [-0.2, -0.15) is 0 Å². The summed E-state index contributed by atoms with van der Waals surface area (Å²) < 4.78 is 4.59. The summed E-state index contributed by atoms with van der Waals surface area (Å²) in [6.45, 7) is 4.97. The van der Waals surface area contributed by atoms with Crippen LogP contribution < -0.4 is 5.73 Å². The highest BCUT2D eigenvalue weighted by molar-refractivity contribution is 5.81. The first-order valence-electron chi connectivity index (χ1n) is 3.79. The Bertz CT molecular complexity index is 156. The predicted molar refractivity (Wildman–Crippen MR) is 45.4 cm³/mol. The van der Waals surface area contributed by atoms with Crippen molar-refractivity contribution in [2.24, 2.45) is 5.73 Å². The Morgan fingerprint density at radius 1 is 1.83 bits per heavy atom. The molecular formula is C8H15NO3. The van der Waals surface area contributed by atoms with Crippen LogP contribution in [0.25, 0.3) is 0 Å². The van der Waals surface area contributed by atoms with E-state index < -0.39 is 12.1 Å². The monoisotopic (exact) mass is 173 g/mol. The molecule has 2 unspecified atom stereocenters. The number of hydrogen-bond donors (Lipinski definition) is 2. The largest absolute Gasteiger partial charge is 0.460 e. The summed E-state index contributed by atoms with van der Waals surface area (Å²) in [6.07, 6.45) is 0.789. The van der Waals surface area contributed by atoms with Gasteiger partial charge in [0.15, 0.2) is 0 Å². The molecule has 0 aliphatic rings. The first kappa shape index (κ1) is 11.1. The molecule has 0 aliphatic heterocycles. The molecule has 3 N–H and O–H groups in total. The predicted octanol–water partition coefficient (Wildman–Crippen LogP) is -0.186. The van der Waals surface area contributed by atoms with Gasteiger partial charge in [0.05, 0.1) is 6.10 Å². The first-order valence-corrected chi connectivity index (χ1v) is 3.79. The number of esters is 1. The van der Waals surface area contributed by atoms with Crippen LogP contribution in [0.15, 0.2) is 12.7 Å². The maximum absolute atomic E-state index is 10.5. The highest BCUT2D eigenvalue weighted by Gasteiger charge is 2.08. The smallest absolute Gasteiger partial charge is 0.330 e. The van der Waals surface area contributed by atoms with Crippen LogP contribution in [0.4, 0.5) is 0 Å². The molecular weight excluding hydrogens is 158 g/mol. The minimum Gasteiger partial charge on any atom is -0.460 e. The lowest BCUT2D eigenvalue weighted by molar-refractivity contribution is -0.140. The molecule has 0 saturated carbocycles. The maximum atomic E-state index is 10.5. The van der Waals surface area contributed by atoms with E-state index in [1.54, 1.807) is 6.92 Å². The summed E-state index contributed by atoms with van der Waals surface area (Å²) in [5, 5.41) is 9.17. The number of rotatable bonds is 5. The number of aliphatic hydroxyl groups is 1. The third-order valence-corrected chi connectivity index (χ3v) is 1.23. The van der Waals surface area contributed by atoms with Gasteiger partial charge in [0.25, 0.3) is 0 Å². The highest BCUT2D eigenvalue weighted by Crippen LogP contribution is 1.96. The fourth-order valence-electron chi connectivity index (χ4n) is 0.734. The molecule has 0 saturated heterocycles. The number of hydrogen-bond acceptors (Lipinski definition) is 4. The zero-order valence-electron chi connectivity index (χ0n) is 7.19. The number of carbonyl (C=O) groups excluding carboxylic acids is 1. The Kier molecular flexibility index (Phi) is 5.32. The van der Waals surface area contributed by atoms with Crippen LogP contribution in [0.1, 0.15) is 13.3 Å². The van der Waals surface area contributed by atoms with Gasteiger partial charge in [-0.1, -0.05) is 6.58 Å². The molecule has 12 heavy (non-hydrogen) atoms. The summed E-state index contributed by atoms with van der Waals surface area (Å²) in [7, 11) is 0. The topological polar surface area (TPSA) is 72.5 Å². The molecule has 0 aromatic carbocycles. The fraction of sp³-hybridized carbons (Fsp3) is 0.625. The van der Waals surface area contributed by atoms with E-state index in [-0.39, 0.29) is 12.6 Å². The summed E-state index contributed by atoms with van der Waals surface area (Å²) in [5.74, 6) is -0.529. The molecule has 4 nitrogen and oxygen atoms in total. The number of nitrogens with two attached hydrogens (primary N) is 1. The lowest BCUT2D eigenvalue weighted by Gasteiger charge is -2.12. The molecule has 0 fully saturated rings. The van der Waals surface area contributed by atoms with E-state index in [1.807, 2.05) is 0 Å². The van der Waals surface area contributed by atoms with Crippen molar-refractivity contribution in [1.82, 2.24) is 0 Å². The van der Waals surface area contributed by atoms with Crippen molar-refractivity contribution in [3.05, 3.63) is 12.7 Å². The van der Waals surface area contributed by atoms with Crippen LogP contribution in [-0.2, 0) is 9.53 Å². The van der Waals surface area contributed by atoms with Crippen LogP contribution >= 0.6 is 0 Å². The van der Waals surface area contributed by atoms with Crippen LogP contribution in [0, 0.1) is 0 Å². The molecule has 0 amide bonds. The van der Waals surface area contributed by atoms with Crippen LogP contribution in [-0.4, -0.2) is 29.8 Å². The van der Waals surface area contributed by atoms with Crippen molar-refractivity contribution in [2.45, 2.75) is 25.5 Å². The van der Waals surface area contributed by atoms with E-state index in [2.05, 4.69) is 11.3 Å². The molecule has 4 heteroatoms.